The van der Waals surface area contributed by atoms with E-state index in [0.29, 0.717) is 22.7 Å². The molecule has 1 atom stereocenters. The number of aryl methyl sites for hydroxylation is 1. The van der Waals surface area contributed by atoms with Crippen LogP contribution < -0.4 is 5.56 Å². The van der Waals surface area contributed by atoms with Gasteiger partial charge in [-0.1, -0.05) is 71.8 Å². The van der Waals surface area contributed by atoms with E-state index in [1.165, 1.54) is 11.9 Å². The highest BCUT2D eigenvalue weighted by Gasteiger charge is 2.34. The summed E-state index contributed by atoms with van der Waals surface area (Å²) in [5.74, 6) is -0.165. The number of hydrazone groups is 1. The molecule has 1 amide bonds. The van der Waals surface area contributed by atoms with Gasteiger partial charge in [0.15, 0.2) is 0 Å². The number of H-pyrrole nitrogens is 1. The number of nitrogens with one attached hydrogen (secondary N) is 1. The third-order valence-electron chi connectivity index (χ3n) is 6.00. The number of benzene rings is 3. The molecule has 1 aromatic heterocycles. The number of amides is 1. The van der Waals surface area contributed by atoms with E-state index in [-0.39, 0.29) is 17.5 Å². The van der Waals surface area contributed by atoms with E-state index >= 15 is 0 Å². The lowest BCUT2D eigenvalue weighted by Gasteiger charge is -2.20. The molecule has 2 heterocycles. The van der Waals surface area contributed by atoms with E-state index in [0.717, 1.165) is 33.2 Å². The molecule has 1 aliphatic heterocycles. The first kappa shape index (κ1) is 21.2. The number of carbonyl (C=O) groups excluding carboxylic acids is 1. The molecule has 0 bridgehead atoms. The maximum atomic E-state index is 13.4. The van der Waals surface area contributed by atoms with Gasteiger partial charge in [0, 0.05) is 34.8 Å². The molecule has 1 aliphatic rings. The summed E-state index contributed by atoms with van der Waals surface area (Å²) in [5.41, 5.74) is 5.35. The summed E-state index contributed by atoms with van der Waals surface area (Å²) in [5, 5.41) is 7.69. The van der Waals surface area contributed by atoms with Crippen molar-refractivity contribution in [3.63, 3.8) is 0 Å². The molecule has 0 spiro atoms. The van der Waals surface area contributed by atoms with Crippen LogP contribution in [0.4, 0.5) is 0 Å². The monoisotopic (exact) mass is 455 g/mol. The minimum absolute atomic E-state index is 0.165. The van der Waals surface area contributed by atoms with Crippen molar-refractivity contribution in [2.75, 3.05) is 0 Å². The smallest absolute Gasteiger partial charge is 0.258 e. The quantitative estimate of drug-likeness (QED) is 0.420. The van der Waals surface area contributed by atoms with Crippen LogP contribution in [0.5, 0.6) is 0 Å². The Hall–Kier alpha value is -3.70. The Balaban J connectivity index is 1.73. The Bertz CT molecular complexity index is 1470. The van der Waals surface area contributed by atoms with Crippen molar-refractivity contribution in [2.24, 2.45) is 5.10 Å². The summed E-state index contributed by atoms with van der Waals surface area (Å²) in [4.78, 5) is 28.9. The summed E-state index contributed by atoms with van der Waals surface area (Å²) < 4.78 is 0. The van der Waals surface area contributed by atoms with E-state index in [1.54, 1.807) is 0 Å². The molecule has 33 heavy (non-hydrogen) atoms. The van der Waals surface area contributed by atoms with E-state index in [9.17, 15) is 9.59 Å². The van der Waals surface area contributed by atoms with Gasteiger partial charge in [-0.25, -0.2) is 5.01 Å². The minimum Gasteiger partial charge on any atom is -0.321 e. The first-order valence-electron chi connectivity index (χ1n) is 10.8. The molecule has 0 fully saturated rings. The molecular weight excluding hydrogens is 434 g/mol. The minimum atomic E-state index is -0.263. The van der Waals surface area contributed by atoms with Gasteiger partial charge in [-0.05, 0) is 36.2 Å². The number of para-hydroxylation sites is 1. The predicted octanol–water partition coefficient (Wildman–Crippen LogP) is 5.85. The van der Waals surface area contributed by atoms with Crippen LogP contribution >= 0.6 is 11.6 Å². The molecule has 0 unspecified atom stereocenters. The second-order valence-corrected chi connectivity index (χ2v) is 8.74. The Kier molecular flexibility index (Phi) is 5.35. The number of fused-ring (bicyclic) bond motifs is 1. The molecule has 0 radical (unpaired) electrons. The standard InChI is InChI=1S/C27H22ClN3O2/c1-16-6-5-7-19(14-16)24-15-23(30-31(24)17(2)32)26-25(18-10-12-20(28)13-11-18)21-8-3-4-9-22(21)29-27(26)33/h3-14,24H,15H2,1-2H3,(H,29,33)/t24-/m1/s1. The first-order valence-corrected chi connectivity index (χ1v) is 11.2. The lowest BCUT2D eigenvalue weighted by molar-refractivity contribution is -0.130. The number of hydrogen-bond acceptors (Lipinski definition) is 3. The molecule has 6 heteroatoms. The number of carbonyl (C=O) groups is 1. The van der Waals surface area contributed by atoms with Crippen LogP contribution in [-0.4, -0.2) is 21.6 Å². The second-order valence-electron chi connectivity index (χ2n) is 8.30. The number of halogens is 1. The largest absolute Gasteiger partial charge is 0.321 e. The topological polar surface area (TPSA) is 65.5 Å². The molecule has 4 aromatic rings. The van der Waals surface area contributed by atoms with Crippen molar-refractivity contribution in [1.82, 2.24) is 9.99 Å². The number of nitrogens with zero attached hydrogens (tertiary/aromatic N) is 2. The van der Waals surface area contributed by atoms with Gasteiger partial charge in [0.2, 0.25) is 5.91 Å². The zero-order valence-corrected chi connectivity index (χ0v) is 19.1. The molecule has 0 saturated heterocycles. The summed E-state index contributed by atoms with van der Waals surface area (Å²) in [6.45, 7) is 3.52. The maximum Gasteiger partial charge on any atom is 0.258 e. The van der Waals surface area contributed by atoms with Crippen molar-refractivity contribution in [3.05, 3.63) is 105 Å². The van der Waals surface area contributed by atoms with Crippen LogP contribution in [0, 0.1) is 6.92 Å². The lowest BCUT2D eigenvalue weighted by atomic mass is 9.91. The summed E-state index contributed by atoms with van der Waals surface area (Å²) in [7, 11) is 0. The van der Waals surface area contributed by atoms with Gasteiger partial charge in [0.1, 0.15) is 0 Å². The number of hydrogen-bond donors (Lipinski definition) is 1. The third-order valence-corrected chi connectivity index (χ3v) is 6.26. The summed E-state index contributed by atoms with van der Waals surface area (Å²) >= 11 is 6.13. The molecule has 1 N–H and O–H groups in total. The van der Waals surface area contributed by atoms with Crippen molar-refractivity contribution < 1.29 is 4.79 Å². The van der Waals surface area contributed by atoms with Crippen LogP contribution in [0.3, 0.4) is 0 Å². The lowest BCUT2D eigenvalue weighted by Crippen LogP contribution is -2.24. The molecule has 5 nitrogen and oxygen atoms in total. The van der Waals surface area contributed by atoms with Crippen molar-refractivity contribution in [3.8, 4) is 11.1 Å². The van der Waals surface area contributed by atoms with Crippen LogP contribution in [0.25, 0.3) is 22.0 Å². The molecular formula is C27H22ClN3O2. The fraction of sp³-hybridized carbons (Fsp3) is 0.148. The zero-order chi connectivity index (χ0) is 23.1. The van der Waals surface area contributed by atoms with Crippen LogP contribution in [0.15, 0.2) is 82.7 Å². The van der Waals surface area contributed by atoms with Gasteiger partial charge in [-0.3, -0.25) is 9.59 Å². The van der Waals surface area contributed by atoms with Gasteiger partial charge in [-0.15, -0.1) is 0 Å². The average Bonchev–Trinajstić information content (AvgIpc) is 3.24. The van der Waals surface area contributed by atoms with Gasteiger partial charge in [0.25, 0.3) is 5.56 Å². The molecule has 5 rings (SSSR count). The van der Waals surface area contributed by atoms with Crippen molar-refractivity contribution in [2.45, 2.75) is 26.3 Å². The molecule has 164 valence electrons. The Labute approximate surface area is 196 Å². The normalized spacial score (nSPS) is 15.7. The summed E-state index contributed by atoms with van der Waals surface area (Å²) in [6.07, 6.45) is 0.449. The van der Waals surface area contributed by atoms with Gasteiger partial charge >= 0.3 is 0 Å². The second kappa shape index (κ2) is 8.34. The Morgan fingerprint density at radius 2 is 1.79 bits per heavy atom. The molecule has 0 saturated carbocycles. The Morgan fingerprint density at radius 3 is 2.52 bits per heavy atom. The highest BCUT2D eigenvalue weighted by Crippen LogP contribution is 2.37. The van der Waals surface area contributed by atoms with E-state index in [4.69, 9.17) is 11.6 Å². The highest BCUT2D eigenvalue weighted by molar-refractivity contribution is 6.30. The highest BCUT2D eigenvalue weighted by atomic mass is 35.5. The first-order chi connectivity index (χ1) is 15.9. The summed E-state index contributed by atoms with van der Waals surface area (Å²) in [6, 6.07) is 22.9. The number of aromatic amines is 1. The Morgan fingerprint density at radius 1 is 1.03 bits per heavy atom. The fourth-order valence-electron chi connectivity index (χ4n) is 4.52. The van der Waals surface area contributed by atoms with Crippen molar-refractivity contribution >= 4 is 34.1 Å². The van der Waals surface area contributed by atoms with E-state index < -0.39 is 0 Å². The van der Waals surface area contributed by atoms with Gasteiger partial charge in [-0.2, -0.15) is 5.10 Å². The van der Waals surface area contributed by atoms with Gasteiger partial charge in [0.05, 0.1) is 17.3 Å². The number of rotatable bonds is 3. The van der Waals surface area contributed by atoms with Crippen LogP contribution in [0.1, 0.15) is 36.1 Å². The van der Waals surface area contributed by atoms with E-state index in [1.807, 2.05) is 73.7 Å². The predicted molar refractivity (Wildman–Crippen MR) is 133 cm³/mol. The SMILES string of the molecule is CC(=O)N1N=C(c2c(-c3ccc(Cl)cc3)c3ccccc3[nH]c2=O)C[C@@H]1c1cccc(C)c1. The van der Waals surface area contributed by atoms with Crippen LogP contribution in [0.2, 0.25) is 5.02 Å². The van der Waals surface area contributed by atoms with Crippen molar-refractivity contribution in [1.29, 1.82) is 0 Å². The fourth-order valence-corrected chi connectivity index (χ4v) is 4.65. The average molecular weight is 456 g/mol. The molecule has 0 aliphatic carbocycles. The maximum absolute atomic E-state index is 13.4. The zero-order valence-electron chi connectivity index (χ0n) is 18.3. The van der Waals surface area contributed by atoms with Gasteiger partial charge < -0.3 is 4.98 Å². The number of pyridine rings is 1. The van der Waals surface area contributed by atoms with Crippen LogP contribution in [-0.2, 0) is 4.79 Å². The third kappa shape index (κ3) is 3.85. The number of aromatic nitrogens is 1. The molecule has 3 aromatic carbocycles. The van der Waals surface area contributed by atoms with E-state index in [2.05, 4.69) is 16.2 Å².